The molecular formula is C10H12F3N. The summed E-state index contributed by atoms with van der Waals surface area (Å²) in [4.78, 5) is 0. The van der Waals surface area contributed by atoms with E-state index in [0.29, 0.717) is 0 Å². The Morgan fingerprint density at radius 3 is 2.07 bits per heavy atom. The topological polar surface area (TPSA) is 12.0 Å². The second-order valence-corrected chi connectivity index (χ2v) is 3.59. The summed E-state index contributed by atoms with van der Waals surface area (Å²) in [5.41, 5.74) is -1.21. The van der Waals surface area contributed by atoms with Crippen LogP contribution in [0.15, 0.2) is 12.1 Å². The Hall–Kier alpha value is -1.03. The van der Waals surface area contributed by atoms with E-state index in [0.717, 1.165) is 12.1 Å². The van der Waals surface area contributed by atoms with Crippen molar-refractivity contribution in [1.29, 1.82) is 0 Å². The summed E-state index contributed by atoms with van der Waals surface area (Å²) in [7, 11) is 1.56. The average Bonchev–Trinajstić information content (AvgIpc) is 2.12. The molecular weight excluding hydrogens is 191 g/mol. The first-order valence-electron chi connectivity index (χ1n) is 4.23. The highest BCUT2D eigenvalue weighted by Crippen LogP contribution is 2.26. The average molecular weight is 203 g/mol. The van der Waals surface area contributed by atoms with Gasteiger partial charge in [0.2, 0.25) is 0 Å². The van der Waals surface area contributed by atoms with Gasteiger partial charge in [-0.05, 0) is 33.0 Å². The summed E-state index contributed by atoms with van der Waals surface area (Å²) in [6.45, 7) is 3.15. The predicted molar refractivity (Wildman–Crippen MR) is 48.4 cm³/mol. The van der Waals surface area contributed by atoms with Crippen molar-refractivity contribution >= 4 is 0 Å². The molecule has 1 N–H and O–H groups in total. The number of halogens is 3. The summed E-state index contributed by atoms with van der Waals surface area (Å²) in [6.07, 6.45) is 0. The number of hydrogen-bond acceptors (Lipinski definition) is 1. The molecule has 78 valence electrons. The molecule has 0 amide bonds. The first kappa shape index (κ1) is 11.0. The van der Waals surface area contributed by atoms with Crippen LogP contribution in [0.1, 0.15) is 19.4 Å². The van der Waals surface area contributed by atoms with Gasteiger partial charge in [-0.2, -0.15) is 0 Å². The highest BCUT2D eigenvalue weighted by molar-refractivity contribution is 5.27. The highest BCUT2D eigenvalue weighted by Gasteiger charge is 2.27. The number of benzene rings is 1. The van der Waals surface area contributed by atoms with Gasteiger partial charge < -0.3 is 5.32 Å². The van der Waals surface area contributed by atoms with Crippen LogP contribution in [-0.4, -0.2) is 7.05 Å². The molecule has 0 unspecified atom stereocenters. The summed E-state index contributed by atoms with van der Waals surface area (Å²) < 4.78 is 39.4. The smallest absolute Gasteiger partial charge is 0.166 e. The first-order chi connectivity index (χ1) is 6.40. The van der Waals surface area contributed by atoms with E-state index < -0.39 is 23.0 Å². The number of nitrogens with one attached hydrogen (secondary N) is 1. The largest absolute Gasteiger partial charge is 0.311 e. The third-order valence-electron chi connectivity index (χ3n) is 2.29. The van der Waals surface area contributed by atoms with E-state index in [1.807, 2.05) is 0 Å². The van der Waals surface area contributed by atoms with Gasteiger partial charge in [0.25, 0.3) is 0 Å². The van der Waals surface area contributed by atoms with E-state index in [2.05, 4.69) is 5.32 Å². The van der Waals surface area contributed by atoms with Crippen molar-refractivity contribution in [2.45, 2.75) is 19.4 Å². The molecule has 0 heterocycles. The minimum Gasteiger partial charge on any atom is -0.311 e. The second-order valence-electron chi connectivity index (χ2n) is 3.59. The number of hydrogen-bond donors (Lipinski definition) is 1. The van der Waals surface area contributed by atoms with Gasteiger partial charge in [0.05, 0.1) is 0 Å². The van der Waals surface area contributed by atoms with Crippen LogP contribution in [0.5, 0.6) is 0 Å². The Kier molecular flexibility index (Phi) is 2.85. The lowest BCUT2D eigenvalue weighted by atomic mass is 9.93. The van der Waals surface area contributed by atoms with Crippen molar-refractivity contribution < 1.29 is 13.2 Å². The van der Waals surface area contributed by atoms with Gasteiger partial charge in [0.15, 0.2) is 11.6 Å². The van der Waals surface area contributed by atoms with Crippen molar-refractivity contribution in [3.05, 3.63) is 35.1 Å². The van der Waals surface area contributed by atoms with Crippen LogP contribution >= 0.6 is 0 Å². The van der Waals surface area contributed by atoms with Crippen LogP contribution < -0.4 is 5.32 Å². The molecule has 0 atom stereocenters. The highest BCUT2D eigenvalue weighted by atomic mass is 19.2. The molecule has 4 heteroatoms. The molecule has 1 aromatic rings. The normalized spacial score (nSPS) is 11.9. The fraction of sp³-hybridized carbons (Fsp3) is 0.400. The number of rotatable bonds is 2. The van der Waals surface area contributed by atoms with Crippen molar-refractivity contribution in [2.75, 3.05) is 7.05 Å². The fourth-order valence-electron chi connectivity index (χ4n) is 1.22. The van der Waals surface area contributed by atoms with Crippen molar-refractivity contribution in [1.82, 2.24) is 5.32 Å². The van der Waals surface area contributed by atoms with Crippen molar-refractivity contribution in [3.8, 4) is 0 Å². The van der Waals surface area contributed by atoms with Crippen LogP contribution in [0.4, 0.5) is 13.2 Å². The van der Waals surface area contributed by atoms with Crippen LogP contribution in [0, 0.1) is 17.5 Å². The van der Waals surface area contributed by atoms with Crippen LogP contribution in [0.2, 0.25) is 0 Å². The zero-order valence-electron chi connectivity index (χ0n) is 8.29. The van der Waals surface area contributed by atoms with Crippen molar-refractivity contribution in [3.63, 3.8) is 0 Å². The Bertz CT molecular complexity index is 347. The van der Waals surface area contributed by atoms with Gasteiger partial charge in [-0.1, -0.05) is 0 Å². The molecule has 0 bridgehead atoms. The molecule has 0 fully saturated rings. The van der Waals surface area contributed by atoms with E-state index in [4.69, 9.17) is 0 Å². The quantitative estimate of drug-likeness (QED) is 0.728. The standard InChI is InChI=1S/C10H12F3N/c1-10(2,14-3)8-6(11)4-5-7(12)9(8)13/h4-5,14H,1-3H3. The van der Waals surface area contributed by atoms with Crippen LogP contribution in [0.25, 0.3) is 0 Å². The summed E-state index contributed by atoms with van der Waals surface area (Å²) in [5, 5.41) is 2.72. The predicted octanol–water partition coefficient (Wildman–Crippen LogP) is 2.56. The van der Waals surface area contributed by atoms with E-state index in [1.165, 1.54) is 0 Å². The Balaban J connectivity index is 3.40. The molecule has 0 aromatic heterocycles. The maximum absolute atomic E-state index is 13.3. The molecule has 14 heavy (non-hydrogen) atoms. The molecule has 0 aliphatic rings. The lowest BCUT2D eigenvalue weighted by molar-refractivity contribution is 0.378. The second kappa shape index (κ2) is 3.61. The monoisotopic (exact) mass is 203 g/mol. The molecule has 1 rings (SSSR count). The zero-order chi connectivity index (χ0) is 10.9. The van der Waals surface area contributed by atoms with Gasteiger partial charge in [-0.15, -0.1) is 0 Å². The molecule has 0 aliphatic heterocycles. The fourth-order valence-corrected chi connectivity index (χ4v) is 1.22. The minimum absolute atomic E-state index is 0.278. The molecule has 0 aliphatic carbocycles. The minimum atomic E-state index is -1.13. The maximum Gasteiger partial charge on any atom is 0.166 e. The van der Waals surface area contributed by atoms with Gasteiger partial charge in [0, 0.05) is 11.1 Å². The third kappa shape index (κ3) is 1.75. The van der Waals surface area contributed by atoms with Gasteiger partial charge in [-0.3, -0.25) is 0 Å². The molecule has 0 saturated heterocycles. The summed E-state index contributed by atoms with van der Waals surface area (Å²) in [6, 6.07) is 1.70. The van der Waals surface area contributed by atoms with E-state index in [1.54, 1.807) is 20.9 Å². The van der Waals surface area contributed by atoms with Crippen LogP contribution in [0.3, 0.4) is 0 Å². The van der Waals surface area contributed by atoms with Crippen LogP contribution in [-0.2, 0) is 5.54 Å². The molecule has 0 radical (unpaired) electrons. The van der Waals surface area contributed by atoms with Gasteiger partial charge >= 0.3 is 0 Å². The maximum atomic E-state index is 13.3. The van der Waals surface area contributed by atoms with E-state index in [9.17, 15) is 13.2 Å². The Labute approximate surface area is 80.9 Å². The molecule has 0 saturated carbocycles. The summed E-state index contributed by atoms with van der Waals surface area (Å²) >= 11 is 0. The van der Waals surface area contributed by atoms with Gasteiger partial charge in [-0.25, -0.2) is 13.2 Å². The third-order valence-corrected chi connectivity index (χ3v) is 2.29. The molecule has 0 spiro atoms. The zero-order valence-corrected chi connectivity index (χ0v) is 8.29. The Morgan fingerprint density at radius 1 is 1.07 bits per heavy atom. The lowest BCUT2D eigenvalue weighted by Gasteiger charge is -2.25. The van der Waals surface area contributed by atoms with E-state index in [-0.39, 0.29) is 5.56 Å². The van der Waals surface area contributed by atoms with E-state index >= 15 is 0 Å². The molecule has 1 nitrogen and oxygen atoms in total. The SMILES string of the molecule is CNC(C)(C)c1c(F)ccc(F)c1F. The molecule has 1 aromatic carbocycles. The van der Waals surface area contributed by atoms with Crippen molar-refractivity contribution in [2.24, 2.45) is 0 Å². The summed E-state index contributed by atoms with van der Waals surface area (Å²) in [5.74, 6) is -2.92. The first-order valence-corrected chi connectivity index (χ1v) is 4.23. The van der Waals surface area contributed by atoms with Gasteiger partial charge in [0.1, 0.15) is 5.82 Å². The Morgan fingerprint density at radius 2 is 1.57 bits per heavy atom. The lowest BCUT2D eigenvalue weighted by Crippen LogP contribution is -2.35.